The number of nitrogens with zero attached hydrogens (tertiary/aromatic N) is 5. The van der Waals surface area contributed by atoms with Crippen LogP contribution in [0.5, 0.6) is 0 Å². The van der Waals surface area contributed by atoms with Crippen molar-refractivity contribution in [2.24, 2.45) is 0 Å². The second kappa shape index (κ2) is 4.80. The first-order valence-corrected chi connectivity index (χ1v) is 6.47. The zero-order valence-corrected chi connectivity index (χ0v) is 12.7. The van der Waals surface area contributed by atoms with E-state index < -0.39 is 10.3 Å². The molecule has 8 heteroatoms. The van der Waals surface area contributed by atoms with E-state index in [-0.39, 0.29) is 11.5 Å². The van der Waals surface area contributed by atoms with E-state index in [1.165, 1.54) is 4.68 Å². The molecule has 2 N–H and O–H groups in total. The van der Waals surface area contributed by atoms with Crippen LogP contribution >= 0.6 is 0 Å². The van der Waals surface area contributed by atoms with Crippen molar-refractivity contribution in [3.8, 4) is 5.82 Å². The van der Waals surface area contributed by atoms with E-state index in [2.05, 4.69) is 15.1 Å². The molecule has 112 valence electrons. The summed E-state index contributed by atoms with van der Waals surface area (Å²) in [5, 5.41) is 15.6. The monoisotopic (exact) mass is 290 g/mol. The molecule has 0 atom stereocenters. The minimum absolute atomic E-state index is 0.0255. The highest BCUT2D eigenvalue weighted by Gasteiger charge is 2.34. The van der Waals surface area contributed by atoms with E-state index in [4.69, 9.17) is 5.73 Å². The lowest BCUT2D eigenvalue weighted by atomic mass is 9.91. The first kappa shape index (κ1) is 14.9. The maximum atomic E-state index is 11.3. The SMILES string of the molecule is Cc1cc(-n2nc(C(C)(C)C)c([N+](=O)[O-])c2N)nc(C)n1. The highest BCUT2D eigenvalue weighted by atomic mass is 16.6. The standard InChI is InChI=1S/C13H18N6O2/c1-7-6-9(16-8(2)15-7)18-12(14)10(19(20)21)11(17-18)13(3,4)5/h6H,14H2,1-5H3. The molecule has 0 aromatic carbocycles. The van der Waals surface area contributed by atoms with E-state index >= 15 is 0 Å². The molecular weight excluding hydrogens is 272 g/mol. The fraction of sp³-hybridized carbons (Fsp3) is 0.462. The van der Waals surface area contributed by atoms with Gasteiger partial charge in [-0.25, -0.2) is 9.97 Å². The van der Waals surface area contributed by atoms with Crippen LogP contribution in [-0.2, 0) is 5.41 Å². The lowest BCUT2D eigenvalue weighted by Crippen LogP contribution is -2.14. The van der Waals surface area contributed by atoms with E-state index in [0.717, 1.165) is 5.69 Å². The Labute approximate surface area is 122 Å². The van der Waals surface area contributed by atoms with Crippen molar-refractivity contribution in [1.29, 1.82) is 0 Å². The predicted octanol–water partition coefficient (Wildman–Crippen LogP) is 2.07. The first-order valence-electron chi connectivity index (χ1n) is 6.47. The molecule has 0 aliphatic carbocycles. The third-order valence-electron chi connectivity index (χ3n) is 2.96. The van der Waals surface area contributed by atoms with Crippen LogP contribution in [0.15, 0.2) is 6.07 Å². The molecule has 0 amide bonds. The number of anilines is 1. The number of rotatable bonds is 2. The Morgan fingerprint density at radius 2 is 1.90 bits per heavy atom. The summed E-state index contributed by atoms with van der Waals surface area (Å²) in [6.07, 6.45) is 0. The van der Waals surface area contributed by atoms with E-state index in [1.54, 1.807) is 13.0 Å². The van der Waals surface area contributed by atoms with Crippen LogP contribution < -0.4 is 5.73 Å². The molecule has 2 rings (SSSR count). The van der Waals surface area contributed by atoms with Gasteiger partial charge in [-0.05, 0) is 13.8 Å². The zero-order chi connectivity index (χ0) is 15.9. The van der Waals surface area contributed by atoms with Gasteiger partial charge in [-0.15, -0.1) is 0 Å². The van der Waals surface area contributed by atoms with E-state index in [1.807, 2.05) is 27.7 Å². The van der Waals surface area contributed by atoms with Gasteiger partial charge in [0.2, 0.25) is 5.82 Å². The number of hydrogen-bond acceptors (Lipinski definition) is 6. The average Bonchev–Trinajstić information content (AvgIpc) is 2.65. The van der Waals surface area contributed by atoms with Crippen LogP contribution in [0, 0.1) is 24.0 Å². The Morgan fingerprint density at radius 1 is 1.29 bits per heavy atom. The van der Waals surface area contributed by atoms with Gasteiger partial charge in [-0.2, -0.15) is 9.78 Å². The molecule has 0 fully saturated rings. The molecule has 0 saturated carbocycles. The molecule has 21 heavy (non-hydrogen) atoms. The van der Waals surface area contributed by atoms with Gasteiger partial charge in [-0.1, -0.05) is 20.8 Å². The minimum Gasteiger partial charge on any atom is -0.378 e. The van der Waals surface area contributed by atoms with E-state index in [0.29, 0.717) is 17.3 Å². The molecule has 0 aliphatic heterocycles. The lowest BCUT2D eigenvalue weighted by Gasteiger charge is -2.13. The summed E-state index contributed by atoms with van der Waals surface area (Å²) in [7, 11) is 0. The second-order valence-corrected chi connectivity index (χ2v) is 5.92. The molecule has 0 spiro atoms. The molecule has 2 aromatic rings. The molecule has 0 unspecified atom stereocenters. The topological polar surface area (TPSA) is 113 Å². The Kier molecular flexibility index (Phi) is 3.40. The van der Waals surface area contributed by atoms with Gasteiger partial charge in [-0.3, -0.25) is 10.1 Å². The van der Waals surface area contributed by atoms with Crippen LogP contribution in [0.3, 0.4) is 0 Å². The largest absolute Gasteiger partial charge is 0.378 e. The van der Waals surface area contributed by atoms with Crippen molar-refractivity contribution in [3.05, 3.63) is 33.4 Å². The van der Waals surface area contributed by atoms with Crippen molar-refractivity contribution in [2.75, 3.05) is 5.73 Å². The van der Waals surface area contributed by atoms with Crippen LogP contribution in [-0.4, -0.2) is 24.7 Å². The fourth-order valence-electron chi connectivity index (χ4n) is 2.09. The number of aryl methyl sites for hydroxylation is 2. The Hall–Kier alpha value is -2.51. The molecule has 0 aliphatic rings. The van der Waals surface area contributed by atoms with Crippen LogP contribution in [0.25, 0.3) is 5.82 Å². The molecule has 0 radical (unpaired) electrons. The number of aromatic nitrogens is 4. The Balaban J connectivity index is 2.74. The van der Waals surface area contributed by atoms with Gasteiger partial charge in [0.1, 0.15) is 11.5 Å². The van der Waals surface area contributed by atoms with Crippen LogP contribution in [0.1, 0.15) is 38.0 Å². The van der Waals surface area contributed by atoms with Gasteiger partial charge >= 0.3 is 5.69 Å². The summed E-state index contributed by atoms with van der Waals surface area (Å²) >= 11 is 0. The van der Waals surface area contributed by atoms with Gasteiger partial charge in [0.15, 0.2) is 5.82 Å². The Bertz CT molecular complexity index is 694. The van der Waals surface area contributed by atoms with Gasteiger partial charge < -0.3 is 5.73 Å². The number of nitrogen functional groups attached to an aromatic ring is 1. The molecule has 0 saturated heterocycles. The second-order valence-electron chi connectivity index (χ2n) is 5.92. The molecule has 2 heterocycles. The van der Waals surface area contributed by atoms with Crippen molar-refractivity contribution in [3.63, 3.8) is 0 Å². The van der Waals surface area contributed by atoms with E-state index in [9.17, 15) is 10.1 Å². The summed E-state index contributed by atoms with van der Waals surface area (Å²) in [6, 6.07) is 1.69. The molecule has 0 bridgehead atoms. The number of hydrogen-bond donors (Lipinski definition) is 1. The highest BCUT2D eigenvalue weighted by molar-refractivity contribution is 5.61. The lowest BCUT2D eigenvalue weighted by molar-refractivity contribution is -0.385. The third kappa shape index (κ3) is 2.69. The molecule has 8 nitrogen and oxygen atoms in total. The third-order valence-corrected chi connectivity index (χ3v) is 2.96. The quantitative estimate of drug-likeness (QED) is 0.669. The van der Waals surface area contributed by atoms with Crippen molar-refractivity contribution < 1.29 is 4.92 Å². The summed E-state index contributed by atoms with van der Waals surface area (Å²) in [4.78, 5) is 19.2. The first-order chi connectivity index (χ1) is 9.61. The molecule has 2 aromatic heterocycles. The van der Waals surface area contributed by atoms with Crippen molar-refractivity contribution >= 4 is 11.5 Å². The fourth-order valence-corrected chi connectivity index (χ4v) is 2.09. The van der Waals surface area contributed by atoms with Crippen LogP contribution in [0.2, 0.25) is 0 Å². The van der Waals surface area contributed by atoms with Crippen molar-refractivity contribution in [1.82, 2.24) is 19.7 Å². The van der Waals surface area contributed by atoms with Gasteiger partial charge in [0.05, 0.1) is 4.92 Å². The zero-order valence-electron chi connectivity index (χ0n) is 12.7. The number of nitro groups is 1. The number of nitrogens with two attached hydrogens (primary N) is 1. The summed E-state index contributed by atoms with van der Waals surface area (Å²) < 4.78 is 1.31. The maximum absolute atomic E-state index is 11.3. The van der Waals surface area contributed by atoms with Crippen LogP contribution in [0.4, 0.5) is 11.5 Å². The van der Waals surface area contributed by atoms with Gasteiger partial charge in [0, 0.05) is 17.2 Å². The Morgan fingerprint density at radius 3 is 2.33 bits per heavy atom. The maximum Gasteiger partial charge on any atom is 0.334 e. The minimum atomic E-state index is -0.501. The summed E-state index contributed by atoms with van der Waals surface area (Å²) in [5.41, 5.74) is 6.34. The smallest absolute Gasteiger partial charge is 0.334 e. The normalized spacial score (nSPS) is 11.7. The predicted molar refractivity (Wildman–Crippen MR) is 78.4 cm³/mol. The molecular formula is C13H18N6O2. The summed E-state index contributed by atoms with van der Waals surface area (Å²) in [5.74, 6) is 0.957. The average molecular weight is 290 g/mol. The summed E-state index contributed by atoms with van der Waals surface area (Å²) in [6.45, 7) is 9.11. The highest BCUT2D eigenvalue weighted by Crippen LogP contribution is 2.35. The van der Waals surface area contributed by atoms with Crippen molar-refractivity contribution in [2.45, 2.75) is 40.0 Å². The van der Waals surface area contributed by atoms with Gasteiger partial charge in [0.25, 0.3) is 0 Å².